The van der Waals surface area contributed by atoms with Crippen LogP contribution in [0.2, 0.25) is 0 Å². The molecule has 0 aromatic carbocycles. The van der Waals surface area contributed by atoms with Crippen molar-refractivity contribution in [3.05, 3.63) is 24.0 Å². The van der Waals surface area contributed by atoms with Gasteiger partial charge in [0.15, 0.2) is 0 Å². The third kappa shape index (κ3) is 4.19. The van der Waals surface area contributed by atoms with Gasteiger partial charge in [-0.1, -0.05) is 0 Å². The third-order valence-corrected chi connectivity index (χ3v) is 2.52. The highest BCUT2D eigenvalue weighted by molar-refractivity contribution is 5.45. The molecule has 0 spiro atoms. The molecule has 1 heterocycles. The molecule has 0 saturated carbocycles. The lowest BCUT2D eigenvalue weighted by atomic mass is 10.1. The first-order valence-electron chi connectivity index (χ1n) is 5.83. The molecule has 0 atom stereocenters. The molecule has 0 fully saturated rings. The molecule has 1 aromatic heterocycles. The van der Waals surface area contributed by atoms with E-state index in [2.05, 4.69) is 56.0 Å². The summed E-state index contributed by atoms with van der Waals surface area (Å²) < 4.78 is 0. The summed E-state index contributed by atoms with van der Waals surface area (Å²) in [6, 6.07) is 4.19. The molecule has 0 aliphatic carbocycles. The largest absolute Gasteiger partial charge is 0.375 e. The van der Waals surface area contributed by atoms with E-state index in [0.29, 0.717) is 0 Å². The van der Waals surface area contributed by atoms with Crippen LogP contribution >= 0.6 is 0 Å². The van der Waals surface area contributed by atoms with Crippen molar-refractivity contribution in [3.63, 3.8) is 0 Å². The fraction of sp³-hybridized carbons (Fsp3) is 0.615. The van der Waals surface area contributed by atoms with Gasteiger partial charge in [-0.15, -0.1) is 0 Å². The van der Waals surface area contributed by atoms with Crippen LogP contribution in [0.4, 0.5) is 5.69 Å². The molecule has 0 aliphatic rings. The van der Waals surface area contributed by atoms with Gasteiger partial charge in [0, 0.05) is 37.6 Å². The van der Waals surface area contributed by atoms with Gasteiger partial charge in [-0.25, -0.2) is 0 Å². The Bertz CT molecular complexity index is 328. The van der Waals surface area contributed by atoms with Gasteiger partial charge in [-0.2, -0.15) is 0 Å². The van der Waals surface area contributed by atoms with Crippen molar-refractivity contribution in [3.8, 4) is 0 Å². The van der Waals surface area contributed by atoms with Crippen molar-refractivity contribution in [1.29, 1.82) is 0 Å². The van der Waals surface area contributed by atoms with Crippen molar-refractivity contribution in [2.24, 2.45) is 0 Å². The van der Waals surface area contributed by atoms with E-state index >= 15 is 0 Å². The van der Waals surface area contributed by atoms with Gasteiger partial charge in [0.25, 0.3) is 0 Å². The molecule has 0 saturated heterocycles. The van der Waals surface area contributed by atoms with E-state index in [1.165, 1.54) is 5.69 Å². The Balaban J connectivity index is 2.68. The predicted molar refractivity (Wildman–Crippen MR) is 69.8 cm³/mol. The lowest BCUT2D eigenvalue weighted by molar-refractivity contribution is 0.421. The molecule has 0 radical (unpaired) electrons. The van der Waals surface area contributed by atoms with Gasteiger partial charge < -0.3 is 10.2 Å². The van der Waals surface area contributed by atoms with Crippen LogP contribution < -0.4 is 10.2 Å². The Hall–Kier alpha value is -1.09. The minimum absolute atomic E-state index is 0.133. The zero-order chi connectivity index (χ0) is 12.2. The summed E-state index contributed by atoms with van der Waals surface area (Å²) in [6.07, 6.45) is 1.88. The molecule has 16 heavy (non-hydrogen) atoms. The lowest BCUT2D eigenvalue weighted by Crippen LogP contribution is -2.35. The van der Waals surface area contributed by atoms with Crippen LogP contribution in [-0.4, -0.2) is 24.1 Å². The van der Waals surface area contributed by atoms with Crippen LogP contribution in [-0.2, 0) is 6.54 Å². The van der Waals surface area contributed by atoms with Crippen LogP contribution in [0.5, 0.6) is 0 Å². The zero-order valence-electron chi connectivity index (χ0n) is 11.0. The van der Waals surface area contributed by atoms with Gasteiger partial charge in [0.2, 0.25) is 0 Å². The second kappa shape index (κ2) is 5.30. The molecule has 1 aromatic rings. The average molecular weight is 221 g/mol. The van der Waals surface area contributed by atoms with Crippen molar-refractivity contribution < 1.29 is 0 Å². The number of anilines is 1. The van der Waals surface area contributed by atoms with Crippen LogP contribution in [0.3, 0.4) is 0 Å². The Kier molecular flexibility index (Phi) is 4.30. The third-order valence-electron chi connectivity index (χ3n) is 2.52. The maximum absolute atomic E-state index is 4.37. The van der Waals surface area contributed by atoms with Gasteiger partial charge >= 0.3 is 0 Å². The summed E-state index contributed by atoms with van der Waals surface area (Å²) in [7, 11) is 2.09. The van der Waals surface area contributed by atoms with E-state index in [0.717, 1.165) is 18.8 Å². The average Bonchev–Trinajstić information content (AvgIpc) is 2.25. The number of nitrogens with zero attached hydrogens (tertiary/aromatic N) is 2. The highest BCUT2D eigenvalue weighted by Gasteiger charge is 2.09. The number of aromatic nitrogens is 1. The Labute approximate surface area is 98.9 Å². The second-order valence-corrected chi connectivity index (χ2v) is 5.12. The molecule has 90 valence electrons. The van der Waals surface area contributed by atoms with Crippen LogP contribution in [0.25, 0.3) is 0 Å². The van der Waals surface area contributed by atoms with E-state index in [1.807, 2.05) is 12.3 Å². The molecule has 0 bridgehead atoms. The topological polar surface area (TPSA) is 28.2 Å². The number of hydrogen-bond donors (Lipinski definition) is 1. The molecular weight excluding hydrogens is 198 g/mol. The molecule has 0 amide bonds. The Morgan fingerprint density at radius 2 is 2.06 bits per heavy atom. The van der Waals surface area contributed by atoms with E-state index in [-0.39, 0.29) is 5.54 Å². The van der Waals surface area contributed by atoms with E-state index in [9.17, 15) is 0 Å². The maximum Gasteiger partial charge on any atom is 0.0562 e. The lowest BCUT2D eigenvalue weighted by Gasteiger charge is -2.21. The molecule has 1 rings (SSSR count). The minimum Gasteiger partial charge on any atom is -0.375 e. The summed E-state index contributed by atoms with van der Waals surface area (Å²) in [4.78, 5) is 6.58. The van der Waals surface area contributed by atoms with Gasteiger partial charge in [-0.05, 0) is 39.8 Å². The fourth-order valence-electron chi connectivity index (χ4n) is 1.34. The molecule has 3 heteroatoms. The number of hydrogen-bond acceptors (Lipinski definition) is 3. The smallest absolute Gasteiger partial charge is 0.0562 e. The summed E-state index contributed by atoms with van der Waals surface area (Å²) in [5, 5.41) is 3.44. The number of nitrogens with one attached hydrogen (secondary N) is 1. The van der Waals surface area contributed by atoms with Crippen molar-refractivity contribution in [2.45, 2.75) is 39.8 Å². The van der Waals surface area contributed by atoms with Crippen LogP contribution in [0.15, 0.2) is 18.3 Å². The monoisotopic (exact) mass is 221 g/mol. The molecule has 0 aliphatic heterocycles. The Morgan fingerprint density at radius 1 is 1.38 bits per heavy atom. The Morgan fingerprint density at radius 3 is 2.62 bits per heavy atom. The highest BCUT2D eigenvalue weighted by atomic mass is 15.1. The number of pyridine rings is 1. The molecular formula is C13H23N3. The zero-order valence-corrected chi connectivity index (χ0v) is 11.0. The van der Waals surface area contributed by atoms with Crippen LogP contribution in [0.1, 0.15) is 33.4 Å². The maximum atomic E-state index is 4.37. The first-order valence-corrected chi connectivity index (χ1v) is 5.83. The van der Waals surface area contributed by atoms with Crippen molar-refractivity contribution in [2.75, 3.05) is 18.5 Å². The highest BCUT2D eigenvalue weighted by Crippen LogP contribution is 2.13. The molecule has 1 N–H and O–H groups in total. The van der Waals surface area contributed by atoms with Gasteiger partial charge in [0.1, 0.15) is 0 Å². The van der Waals surface area contributed by atoms with E-state index in [1.54, 1.807) is 0 Å². The normalized spacial score (nSPS) is 11.6. The van der Waals surface area contributed by atoms with Crippen molar-refractivity contribution in [1.82, 2.24) is 10.3 Å². The molecule has 3 nitrogen and oxygen atoms in total. The van der Waals surface area contributed by atoms with Crippen molar-refractivity contribution >= 4 is 5.69 Å². The quantitative estimate of drug-likeness (QED) is 0.846. The van der Waals surface area contributed by atoms with Gasteiger partial charge in [-0.3, -0.25) is 4.98 Å². The molecule has 0 unspecified atom stereocenters. The summed E-state index contributed by atoms with van der Waals surface area (Å²) in [6.45, 7) is 10.5. The van der Waals surface area contributed by atoms with E-state index < -0.39 is 0 Å². The number of rotatable bonds is 4. The summed E-state index contributed by atoms with van der Waals surface area (Å²) in [5.41, 5.74) is 2.45. The first-order chi connectivity index (χ1) is 7.42. The standard InChI is InChI=1S/C13H23N3/c1-6-16(5)12-7-8-14-11(9-12)10-15-13(2,3)4/h7-9,15H,6,10H2,1-5H3. The second-order valence-electron chi connectivity index (χ2n) is 5.12. The predicted octanol–water partition coefficient (Wildman–Crippen LogP) is 2.43. The minimum atomic E-state index is 0.133. The summed E-state index contributed by atoms with van der Waals surface area (Å²) in [5.74, 6) is 0. The van der Waals surface area contributed by atoms with E-state index in [4.69, 9.17) is 0 Å². The fourth-order valence-corrected chi connectivity index (χ4v) is 1.34. The van der Waals surface area contributed by atoms with Gasteiger partial charge in [0.05, 0.1) is 5.69 Å². The first kappa shape index (κ1) is 13.0. The van der Waals surface area contributed by atoms with Crippen LogP contribution in [0, 0.1) is 0 Å². The SMILES string of the molecule is CCN(C)c1ccnc(CNC(C)(C)C)c1. The summed E-state index contributed by atoms with van der Waals surface area (Å²) >= 11 is 0.